The van der Waals surface area contributed by atoms with Crippen LogP contribution in [0.3, 0.4) is 0 Å². The third-order valence-electron chi connectivity index (χ3n) is 3.52. The molecule has 1 atom stereocenters. The van der Waals surface area contributed by atoms with Gasteiger partial charge in [0.2, 0.25) is 17.7 Å². The average molecular weight is 239 g/mol. The van der Waals surface area contributed by atoms with Crippen LogP contribution >= 0.6 is 0 Å². The molecule has 2 fully saturated rings. The van der Waals surface area contributed by atoms with Gasteiger partial charge < -0.3 is 15.5 Å². The number of nitrogens with one attached hydrogen (secondary N) is 2. The Balaban J connectivity index is 1.94. The van der Waals surface area contributed by atoms with E-state index in [-0.39, 0.29) is 23.8 Å². The number of carbonyl (C=O) groups excluding carboxylic acids is 3. The fourth-order valence-corrected chi connectivity index (χ4v) is 2.21. The van der Waals surface area contributed by atoms with Gasteiger partial charge in [-0.15, -0.1) is 0 Å². The quantitative estimate of drug-likeness (QED) is 0.611. The Hall–Kier alpha value is -1.59. The van der Waals surface area contributed by atoms with Crippen molar-refractivity contribution in [2.24, 2.45) is 5.41 Å². The standard InChI is InChI=1S/C11H17N3O3/c1-12-9(16)11(3-4-11)10(17)13-7-5-8(15)14(2)6-7/h7H,3-6H2,1-2H3,(H,12,16)(H,13,17). The van der Waals surface area contributed by atoms with Crippen molar-refractivity contribution >= 4 is 17.7 Å². The number of rotatable bonds is 3. The number of nitrogens with zero attached hydrogens (tertiary/aromatic N) is 1. The minimum Gasteiger partial charge on any atom is -0.358 e. The highest BCUT2D eigenvalue weighted by Crippen LogP contribution is 2.46. The smallest absolute Gasteiger partial charge is 0.235 e. The van der Waals surface area contributed by atoms with E-state index in [1.54, 1.807) is 11.9 Å². The molecule has 1 aliphatic heterocycles. The van der Waals surface area contributed by atoms with E-state index in [4.69, 9.17) is 0 Å². The molecule has 0 radical (unpaired) electrons. The predicted molar refractivity (Wildman–Crippen MR) is 59.9 cm³/mol. The zero-order valence-corrected chi connectivity index (χ0v) is 10.1. The van der Waals surface area contributed by atoms with Gasteiger partial charge in [0.1, 0.15) is 5.41 Å². The van der Waals surface area contributed by atoms with Crippen molar-refractivity contribution in [3.63, 3.8) is 0 Å². The first-order chi connectivity index (χ1) is 7.99. The lowest BCUT2D eigenvalue weighted by Gasteiger charge is -2.17. The summed E-state index contributed by atoms with van der Waals surface area (Å²) >= 11 is 0. The van der Waals surface area contributed by atoms with Crippen molar-refractivity contribution in [3.05, 3.63) is 0 Å². The van der Waals surface area contributed by atoms with Crippen LogP contribution in [0.4, 0.5) is 0 Å². The van der Waals surface area contributed by atoms with Gasteiger partial charge in [-0.05, 0) is 12.8 Å². The summed E-state index contributed by atoms with van der Waals surface area (Å²) in [6.07, 6.45) is 1.51. The van der Waals surface area contributed by atoms with E-state index in [9.17, 15) is 14.4 Å². The molecule has 0 aromatic carbocycles. The SMILES string of the molecule is CNC(=O)C1(C(=O)NC2CC(=O)N(C)C2)CC1. The van der Waals surface area contributed by atoms with Gasteiger partial charge >= 0.3 is 0 Å². The Bertz CT molecular complexity index is 376. The molecule has 1 unspecified atom stereocenters. The molecule has 0 spiro atoms. The second-order valence-corrected chi connectivity index (χ2v) is 4.81. The highest BCUT2D eigenvalue weighted by Gasteiger charge is 2.56. The molecule has 0 aromatic rings. The number of likely N-dealkylation sites (N-methyl/N-ethyl adjacent to an activating group) is 1. The molecule has 2 rings (SSSR count). The summed E-state index contributed by atoms with van der Waals surface area (Å²) in [6, 6.07) is -0.165. The van der Waals surface area contributed by atoms with Gasteiger partial charge in [0, 0.05) is 27.1 Å². The van der Waals surface area contributed by atoms with Crippen LogP contribution in [0.15, 0.2) is 0 Å². The highest BCUT2D eigenvalue weighted by molar-refractivity contribution is 6.08. The number of hydrogen-bond donors (Lipinski definition) is 2. The molecule has 6 nitrogen and oxygen atoms in total. The number of hydrogen-bond acceptors (Lipinski definition) is 3. The lowest BCUT2D eigenvalue weighted by Crippen LogP contribution is -2.46. The molecular formula is C11H17N3O3. The first kappa shape index (κ1) is 11.9. The van der Waals surface area contributed by atoms with E-state index in [1.807, 2.05) is 0 Å². The molecular weight excluding hydrogens is 222 g/mol. The zero-order chi connectivity index (χ0) is 12.6. The maximum atomic E-state index is 12.0. The Labute approximate surface area is 99.7 Å². The maximum absolute atomic E-state index is 12.0. The normalized spacial score (nSPS) is 25.6. The van der Waals surface area contributed by atoms with Gasteiger partial charge in [-0.1, -0.05) is 0 Å². The van der Waals surface area contributed by atoms with Crippen LogP contribution in [0.5, 0.6) is 0 Å². The first-order valence-corrected chi connectivity index (χ1v) is 5.77. The van der Waals surface area contributed by atoms with E-state index in [1.165, 1.54) is 7.05 Å². The zero-order valence-electron chi connectivity index (χ0n) is 10.1. The lowest BCUT2D eigenvalue weighted by atomic mass is 10.0. The largest absolute Gasteiger partial charge is 0.358 e. The summed E-state index contributed by atoms with van der Waals surface area (Å²) < 4.78 is 0. The summed E-state index contributed by atoms with van der Waals surface area (Å²) in [5.41, 5.74) is -0.876. The van der Waals surface area contributed by atoms with E-state index in [0.717, 1.165) is 0 Å². The number of likely N-dealkylation sites (tertiary alicyclic amines) is 1. The minimum absolute atomic E-state index is 0.0279. The molecule has 0 bridgehead atoms. The van der Waals surface area contributed by atoms with Gasteiger partial charge in [0.05, 0.1) is 6.04 Å². The van der Waals surface area contributed by atoms with Gasteiger partial charge in [-0.2, -0.15) is 0 Å². The summed E-state index contributed by atoms with van der Waals surface area (Å²) in [5.74, 6) is -0.447. The maximum Gasteiger partial charge on any atom is 0.235 e. The molecule has 6 heteroatoms. The molecule has 1 saturated carbocycles. The van der Waals surface area contributed by atoms with Crippen LogP contribution in [-0.4, -0.2) is 49.3 Å². The van der Waals surface area contributed by atoms with Crippen LogP contribution in [0.1, 0.15) is 19.3 Å². The van der Waals surface area contributed by atoms with E-state index < -0.39 is 5.41 Å². The fraction of sp³-hybridized carbons (Fsp3) is 0.727. The topological polar surface area (TPSA) is 78.5 Å². The lowest BCUT2D eigenvalue weighted by molar-refractivity contribution is -0.137. The molecule has 17 heavy (non-hydrogen) atoms. The Morgan fingerprint density at radius 3 is 2.41 bits per heavy atom. The van der Waals surface area contributed by atoms with Crippen molar-refractivity contribution in [2.75, 3.05) is 20.6 Å². The van der Waals surface area contributed by atoms with Gasteiger partial charge in [0.15, 0.2) is 0 Å². The number of carbonyl (C=O) groups is 3. The van der Waals surface area contributed by atoms with E-state index in [0.29, 0.717) is 25.8 Å². The molecule has 1 saturated heterocycles. The minimum atomic E-state index is -0.876. The van der Waals surface area contributed by atoms with E-state index >= 15 is 0 Å². The fourth-order valence-electron chi connectivity index (χ4n) is 2.21. The van der Waals surface area contributed by atoms with E-state index in [2.05, 4.69) is 10.6 Å². The molecule has 1 heterocycles. The molecule has 2 N–H and O–H groups in total. The van der Waals surface area contributed by atoms with Crippen molar-refractivity contribution in [1.82, 2.24) is 15.5 Å². The van der Waals surface area contributed by atoms with Crippen molar-refractivity contribution < 1.29 is 14.4 Å². The molecule has 0 aromatic heterocycles. The Morgan fingerprint density at radius 1 is 1.35 bits per heavy atom. The molecule has 1 aliphatic carbocycles. The molecule has 3 amide bonds. The molecule has 94 valence electrons. The van der Waals surface area contributed by atoms with Crippen LogP contribution in [0, 0.1) is 5.41 Å². The summed E-state index contributed by atoms with van der Waals surface area (Å²) in [4.78, 5) is 36.5. The Kier molecular flexibility index (Phi) is 2.81. The van der Waals surface area contributed by atoms with Crippen molar-refractivity contribution in [2.45, 2.75) is 25.3 Å². The third-order valence-corrected chi connectivity index (χ3v) is 3.52. The van der Waals surface area contributed by atoms with Crippen LogP contribution in [0.2, 0.25) is 0 Å². The highest BCUT2D eigenvalue weighted by atomic mass is 16.2. The monoisotopic (exact) mass is 239 g/mol. The van der Waals surface area contributed by atoms with Gasteiger partial charge in [-0.25, -0.2) is 0 Å². The summed E-state index contributed by atoms with van der Waals surface area (Å²) in [6.45, 7) is 0.522. The summed E-state index contributed by atoms with van der Waals surface area (Å²) in [5, 5.41) is 5.31. The second kappa shape index (κ2) is 4.01. The Morgan fingerprint density at radius 2 is 2.00 bits per heavy atom. The van der Waals surface area contributed by atoms with Gasteiger partial charge in [0.25, 0.3) is 0 Å². The van der Waals surface area contributed by atoms with Crippen LogP contribution in [0.25, 0.3) is 0 Å². The van der Waals surface area contributed by atoms with Crippen molar-refractivity contribution in [3.8, 4) is 0 Å². The van der Waals surface area contributed by atoms with Gasteiger partial charge in [-0.3, -0.25) is 14.4 Å². The molecule has 2 aliphatic rings. The third kappa shape index (κ3) is 1.99. The first-order valence-electron chi connectivity index (χ1n) is 5.77. The summed E-state index contributed by atoms with van der Waals surface area (Å²) in [7, 11) is 3.24. The van der Waals surface area contributed by atoms with Crippen LogP contribution < -0.4 is 10.6 Å². The average Bonchev–Trinajstić information content (AvgIpc) is 3.03. The second-order valence-electron chi connectivity index (χ2n) is 4.81. The predicted octanol–water partition coefficient (Wildman–Crippen LogP) is -1.14. The van der Waals surface area contributed by atoms with Crippen molar-refractivity contribution in [1.29, 1.82) is 0 Å². The van der Waals surface area contributed by atoms with Crippen LogP contribution in [-0.2, 0) is 14.4 Å². The number of amides is 3.